The summed E-state index contributed by atoms with van der Waals surface area (Å²) in [6.45, 7) is 1.43. The standard InChI is InChI=1S/C20H22N2O4/c1-25-17-7-3-8-18(14-17)26-12-10-21-20(24)15-5-2-6-16(13-15)22-11-4-9-19(22)23/h2-3,5-8,13-14H,4,9-12H2,1H3,(H,21,24). The third-order valence-electron chi connectivity index (χ3n) is 4.19. The molecule has 0 atom stereocenters. The van der Waals surface area contributed by atoms with Gasteiger partial charge in [-0.3, -0.25) is 9.59 Å². The van der Waals surface area contributed by atoms with Crippen molar-refractivity contribution in [2.24, 2.45) is 0 Å². The van der Waals surface area contributed by atoms with Gasteiger partial charge < -0.3 is 19.7 Å². The second-order valence-corrected chi connectivity index (χ2v) is 5.98. The first-order chi connectivity index (χ1) is 12.7. The van der Waals surface area contributed by atoms with Crippen LogP contribution in [-0.2, 0) is 4.79 Å². The number of nitrogens with zero attached hydrogens (tertiary/aromatic N) is 1. The molecule has 0 saturated carbocycles. The largest absolute Gasteiger partial charge is 0.497 e. The highest BCUT2D eigenvalue weighted by Gasteiger charge is 2.22. The summed E-state index contributed by atoms with van der Waals surface area (Å²) >= 11 is 0. The lowest BCUT2D eigenvalue weighted by Gasteiger charge is -2.16. The Morgan fingerprint density at radius 1 is 1.15 bits per heavy atom. The van der Waals surface area contributed by atoms with Gasteiger partial charge in [-0.25, -0.2) is 0 Å². The van der Waals surface area contributed by atoms with Crippen LogP contribution >= 0.6 is 0 Å². The molecule has 0 radical (unpaired) electrons. The zero-order valence-electron chi connectivity index (χ0n) is 14.7. The number of nitrogens with one attached hydrogen (secondary N) is 1. The number of amides is 2. The lowest BCUT2D eigenvalue weighted by molar-refractivity contribution is -0.117. The Hall–Kier alpha value is -3.02. The summed E-state index contributed by atoms with van der Waals surface area (Å²) < 4.78 is 10.7. The normalized spacial score (nSPS) is 13.6. The number of carbonyl (C=O) groups excluding carboxylic acids is 2. The van der Waals surface area contributed by atoms with Crippen molar-refractivity contribution in [1.29, 1.82) is 0 Å². The molecule has 3 rings (SSSR count). The molecule has 1 aliphatic rings. The molecule has 26 heavy (non-hydrogen) atoms. The molecule has 1 heterocycles. The predicted octanol–water partition coefficient (Wildman–Crippen LogP) is 2.63. The zero-order valence-corrected chi connectivity index (χ0v) is 14.7. The fourth-order valence-electron chi connectivity index (χ4n) is 2.86. The van der Waals surface area contributed by atoms with Crippen LogP contribution < -0.4 is 19.7 Å². The van der Waals surface area contributed by atoms with E-state index in [0.29, 0.717) is 37.4 Å². The molecule has 136 valence electrons. The first-order valence-corrected chi connectivity index (χ1v) is 8.63. The first kappa shape index (κ1) is 17.8. The number of ether oxygens (including phenoxy) is 2. The SMILES string of the molecule is COc1cccc(OCCNC(=O)c2cccc(N3CCCC3=O)c2)c1. The maximum atomic E-state index is 12.3. The van der Waals surface area contributed by atoms with Gasteiger partial charge >= 0.3 is 0 Å². The summed E-state index contributed by atoms with van der Waals surface area (Å²) in [7, 11) is 1.60. The molecular weight excluding hydrogens is 332 g/mol. The van der Waals surface area contributed by atoms with Gasteiger partial charge in [0.2, 0.25) is 5.91 Å². The molecule has 0 aliphatic carbocycles. The number of benzene rings is 2. The summed E-state index contributed by atoms with van der Waals surface area (Å²) in [5.74, 6) is 1.33. The van der Waals surface area contributed by atoms with Crippen molar-refractivity contribution in [2.75, 3.05) is 31.7 Å². The molecule has 0 bridgehead atoms. The van der Waals surface area contributed by atoms with Gasteiger partial charge in [-0.1, -0.05) is 12.1 Å². The number of rotatable bonds is 7. The van der Waals surface area contributed by atoms with Crippen molar-refractivity contribution < 1.29 is 19.1 Å². The number of carbonyl (C=O) groups is 2. The molecule has 1 N–H and O–H groups in total. The van der Waals surface area contributed by atoms with Crippen molar-refractivity contribution in [3.8, 4) is 11.5 Å². The maximum Gasteiger partial charge on any atom is 0.251 e. The van der Waals surface area contributed by atoms with Gasteiger partial charge in [-0.15, -0.1) is 0 Å². The second kappa shape index (κ2) is 8.38. The van der Waals surface area contributed by atoms with E-state index in [0.717, 1.165) is 17.9 Å². The van der Waals surface area contributed by atoms with E-state index < -0.39 is 0 Å². The molecule has 2 aromatic rings. The molecule has 1 saturated heterocycles. The highest BCUT2D eigenvalue weighted by Crippen LogP contribution is 2.22. The Kier molecular flexibility index (Phi) is 5.73. The molecule has 0 unspecified atom stereocenters. The van der Waals surface area contributed by atoms with Gasteiger partial charge in [-0.2, -0.15) is 0 Å². The molecule has 0 spiro atoms. The van der Waals surface area contributed by atoms with Crippen LogP contribution in [0.3, 0.4) is 0 Å². The minimum Gasteiger partial charge on any atom is -0.497 e. The number of methoxy groups -OCH3 is 1. The van der Waals surface area contributed by atoms with E-state index in [1.165, 1.54) is 0 Å². The summed E-state index contributed by atoms with van der Waals surface area (Å²) in [5.41, 5.74) is 1.30. The molecule has 0 aromatic heterocycles. The molecule has 6 nitrogen and oxygen atoms in total. The van der Waals surface area contributed by atoms with Gasteiger partial charge in [0.05, 0.1) is 13.7 Å². The summed E-state index contributed by atoms with van der Waals surface area (Å²) in [4.78, 5) is 25.9. The Morgan fingerprint density at radius 3 is 2.73 bits per heavy atom. The van der Waals surface area contributed by atoms with Crippen LogP contribution in [0.4, 0.5) is 5.69 Å². The summed E-state index contributed by atoms with van der Waals surface area (Å²) in [6.07, 6.45) is 1.43. The van der Waals surface area contributed by atoms with Crippen LogP contribution in [0.1, 0.15) is 23.2 Å². The van der Waals surface area contributed by atoms with E-state index in [4.69, 9.17) is 9.47 Å². The fourth-order valence-corrected chi connectivity index (χ4v) is 2.86. The van der Waals surface area contributed by atoms with Gasteiger partial charge in [0.15, 0.2) is 0 Å². The Balaban J connectivity index is 1.51. The smallest absolute Gasteiger partial charge is 0.251 e. The topological polar surface area (TPSA) is 67.9 Å². The Bertz CT molecular complexity index is 791. The van der Waals surface area contributed by atoms with Gasteiger partial charge in [0.25, 0.3) is 5.91 Å². The minimum absolute atomic E-state index is 0.106. The number of hydrogen-bond donors (Lipinski definition) is 1. The molecule has 2 amide bonds. The summed E-state index contributed by atoms with van der Waals surface area (Å²) in [5, 5.41) is 2.83. The van der Waals surface area contributed by atoms with Crippen molar-refractivity contribution in [3.05, 3.63) is 54.1 Å². The highest BCUT2D eigenvalue weighted by atomic mass is 16.5. The van der Waals surface area contributed by atoms with E-state index in [-0.39, 0.29) is 11.8 Å². The monoisotopic (exact) mass is 354 g/mol. The molecule has 1 fully saturated rings. The maximum absolute atomic E-state index is 12.3. The van der Waals surface area contributed by atoms with Crippen molar-refractivity contribution in [2.45, 2.75) is 12.8 Å². The van der Waals surface area contributed by atoms with E-state index >= 15 is 0 Å². The Labute approximate surface area is 152 Å². The number of anilines is 1. The molecular formula is C20H22N2O4. The average Bonchev–Trinajstić information content (AvgIpc) is 3.11. The lowest BCUT2D eigenvalue weighted by Crippen LogP contribution is -2.29. The van der Waals surface area contributed by atoms with Gasteiger partial charge in [-0.05, 0) is 36.8 Å². The lowest BCUT2D eigenvalue weighted by atomic mass is 10.1. The van der Waals surface area contributed by atoms with Crippen LogP contribution in [0.25, 0.3) is 0 Å². The number of hydrogen-bond acceptors (Lipinski definition) is 4. The van der Waals surface area contributed by atoms with Crippen molar-refractivity contribution >= 4 is 17.5 Å². The fraction of sp³-hybridized carbons (Fsp3) is 0.300. The minimum atomic E-state index is -0.187. The van der Waals surface area contributed by atoms with Crippen LogP contribution in [0, 0.1) is 0 Å². The van der Waals surface area contributed by atoms with Crippen LogP contribution in [0.2, 0.25) is 0 Å². The van der Waals surface area contributed by atoms with E-state index in [9.17, 15) is 9.59 Å². The second-order valence-electron chi connectivity index (χ2n) is 5.98. The van der Waals surface area contributed by atoms with Gasteiger partial charge in [0, 0.05) is 30.3 Å². The molecule has 1 aliphatic heterocycles. The van der Waals surface area contributed by atoms with E-state index in [1.54, 1.807) is 36.3 Å². The third kappa shape index (κ3) is 4.33. The first-order valence-electron chi connectivity index (χ1n) is 8.63. The van der Waals surface area contributed by atoms with Crippen molar-refractivity contribution in [1.82, 2.24) is 5.32 Å². The molecule has 6 heteroatoms. The third-order valence-corrected chi connectivity index (χ3v) is 4.19. The summed E-state index contributed by atoms with van der Waals surface area (Å²) in [6, 6.07) is 14.4. The highest BCUT2D eigenvalue weighted by molar-refractivity contribution is 5.99. The van der Waals surface area contributed by atoms with Crippen molar-refractivity contribution in [3.63, 3.8) is 0 Å². The predicted molar refractivity (Wildman–Crippen MR) is 98.9 cm³/mol. The van der Waals surface area contributed by atoms with Crippen LogP contribution in [0.15, 0.2) is 48.5 Å². The van der Waals surface area contributed by atoms with Crippen LogP contribution in [0.5, 0.6) is 11.5 Å². The molecule has 2 aromatic carbocycles. The van der Waals surface area contributed by atoms with E-state index in [2.05, 4.69) is 5.32 Å². The average molecular weight is 354 g/mol. The van der Waals surface area contributed by atoms with Gasteiger partial charge in [0.1, 0.15) is 18.1 Å². The zero-order chi connectivity index (χ0) is 18.4. The Morgan fingerprint density at radius 2 is 1.96 bits per heavy atom. The van der Waals surface area contributed by atoms with E-state index in [1.807, 2.05) is 24.3 Å². The quantitative estimate of drug-likeness (QED) is 0.776. The van der Waals surface area contributed by atoms with Crippen LogP contribution in [-0.4, -0.2) is 38.6 Å².